The summed E-state index contributed by atoms with van der Waals surface area (Å²) in [6.07, 6.45) is 3.00. The molecule has 104 valence electrons. The van der Waals surface area contributed by atoms with Crippen LogP contribution in [0.4, 0.5) is 8.78 Å². The van der Waals surface area contributed by atoms with Crippen LogP contribution >= 0.6 is 0 Å². The molecule has 2 N–H and O–H groups in total. The van der Waals surface area contributed by atoms with Crippen molar-refractivity contribution < 1.29 is 18.7 Å². The fraction of sp³-hybridized carbons (Fsp3) is 0.500. The summed E-state index contributed by atoms with van der Waals surface area (Å²) in [4.78, 5) is 11.9. The van der Waals surface area contributed by atoms with E-state index in [4.69, 9.17) is 5.11 Å². The standard InChI is InChI=1S/C14H17F2NO2/c1-8-3-2-4-13(8)17-14(19)9-5-11(15)10(7-18)12(16)6-9/h5-6,8,13,18H,2-4,7H2,1H3,(H,17,19). The van der Waals surface area contributed by atoms with Gasteiger partial charge in [-0.05, 0) is 30.9 Å². The second-order valence-electron chi connectivity index (χ2n) is 5.06. The van der Waals surface area contributed by atoms with E-state index in [-0.39, 0.29) is 11.6 Å². The van der Waals surface area contributed by atoms with E-state index in [2.05, 4.69) is 5.32 Å². The second kappa shape index (κ2) is 5.65. The van der Waals surface area contributed by atoms with E-state index < -0.39 is 29.7 Å². The van der Waals surface area contributed by atoms with Gasteiger partial charge in [0.15, 0.2) is 0 Å². The van der Waals surface area contributed by atoms with Gasteiger partial charge in [0.1, 0.15) is 11.6 Å². The van der Waals surface area contributed by atoms with Gasteiger partial charge in [-0.15, -0.1) is 0 Å². The lowest BCUT2D eigenvalue weighted by atomic mass is 10.1. The summed E-state index contributed by atoms with van der Waals surface area (Å²) < 4.78 is 27.0. The van der Waals surface area contributed by atoms with Crippen molar-refractivity contribution in [3.63, 3.8) is 0 Å². The highest BCUT2D eigenvalue weighted by Gasteiger charge is 2.25. The molecule has 0 bridgehead atoms. The number of nitrogens with one attached hydrogen (secondary N) is 1. The molecule has 2 rings (SSSR count). The predicted octanol–water partition coefficient (Wildman–Crippen LogP) is 2.38. The van der Waals surface area contributed by atoms with Crippen molar-refractivity contribution in [2.24, 2.45) is 5.92 Å². The van der Waals surface area contributed by atoms with E-state index in [1.807, 2.05) is 6.92 Å². The van der Waals surface area contributed by atoms with Crippen molar-refractivity contribution in [1.29, 1.82) is 0 Å². The Morgan fingerprint density at radius 1 is 1.37 bits per heavy atom. The van der Waals surface area contributed by atoms with Crippen LogP contribution in [0.3, 0.4) is 0 Å². The SMILES string of the molecule is CC1CCCC1NC(=O)c1cc(F)c(CO)c(F)c1. The zero-order valence-corrected chi connectivity index (χ0v) is 10.7. The van der Waals surface area contributed by atoms with Crippen molar-refractivity contribution in [2.75, 3.05) is 0 Å². The molecule has 0 aromatic heterocycles. The summed E-state index contributed by atoms with van der Waals surface area (Å²) in [6, 6.07) is 1.99. The van der Waals surface area contributed by atoms with E-state index in [9.17, 15) is 13.6 Å². The highest BCUT2D eigenvalue weighted by Crippen LogP contribution is 2.25. The maximum Gasteiger partial charge on any atom is 0.251 e. The maximum absolute atomic E-state index is 13.5. The molecule has 0 radical (unpaired) electrons. The van der Waals surface area contributed by atoms with Crippen LogP contribution < -0.4 is 5.32 Å². The van der Waals surface area contributed by atoms with Crippen molar-refractivity contribution in [3.8, 4) is 0 Å². The summed E-state index contributed by atoms with van der Waals surface area (Å²) >= 11 is 0. The molecule has 2 unspecified atom stereocenters. The Bertz CT molecular complexity index is 467. The number of amides is 1. The number of carbonyl (C=O) groups is 1. The van der Waals surface area contributed by atoms with Gasteiger partial charge in [0.2, 0.25) is 0 Å². The number of hydrogen-bond donors (Lipinski definition) is 2. The molecule has 0 saturated heterocycles. The average Bonchev–Trinajstić information content (AvgIpc) is 2.74. The minimum absolute atomic E-state index is 0.0497. The quantitative estimate of drug-likeness (QED) is 0.885. The Morgan fingerprint density at radius 2 is 2.00 bits per heavy atom. The molecule has 1 amide bonds. The predicted molar refractivity (Wildman–Crippen MR) is 66.6 cm³/mol. The van der Waals surface area contributed by atoms with Gasteiger partial charge in [-0.25, -0.2) is 8.78 Å². The number of aliphatic hydroxyl groups excluding tert-OH is 1. The third-order valence-corrected chi connectivity index (χ3v) is 3.74. The van der Waals surface area contributed by atoms with E-state index >= 15 is 0 Å². The summed E-state index contributed by atoms with van der Waals surface area (Å²) in [6.45, 7) is 1.33. The molecule has 5 heteroatoms. The molecule has 0 aliphatic heterocycles. The minimum Gasteiger partial charge on any atom is -0.391 e. The largest absolute Gasteiger partial charge is 0.391 e. The molecule has 1 aromatic rings. The van der Waals surface area contributed by atoms with Gasteiger partial charge in [-0.3, -0.25) is 4.79 Å². The molecule has 1 aliphatic rings. The molecule has 0 heterocycles. The molecule has 2 atom stereocenters. The zero-order chi connectivity index (χ0) is 14.0. The Labute approximate surface area is 110 Å². The van der Waals surface area contributed by atoms with Gasteiger partial charge in [-0.2, -0.15) is 0 Å². The van der Waals surface area contributed by atoms with E-state index in [1.54, 1.807) is 0 Å². The number of hydrogen-bond acceptors (Lipinski definition) is 2. The van der Waals surface area contributed by atoms with Crippen molar-refractivity contribution in [1.82, 2.24) is 5.32 Å². The Hall–Kier alpha value is -1.49. The summed E-state index contributed by atoms with van der Waals surface area (Å²) in [7, 11) is 0. The van der Waals surface area contributed by atoms with Crippen LogP contribution in [0.1, 0.15) is 42.1 Å². The monoisotopic (exact) mass is 269 g/mol. The van der Waals surface area contributed by atoms with Crippen molar-refractivity contribution in [3.05, 3.63) is 34.9 Å². The fourth-order valence-corrected chi connectivity index (χ4v) is 2.50. The number of carbonyl (C=O) groups excluding carboxylic acids is 1. The fourth-order valence-electron chi connectivity index (χ4n) is 2.50. The highest BCUT2D eigenvalue weighted by atomic mass is 19.1. The Morgan fingerprint density at radius 3 is 2.47 bits per heavy atom. The van der Waals surface area contributed by atoms with Crippen molar-refractivity contribution >= 4 is 5.91 Å². The normalized spacial score (nSPS) is 22.5. The van der Waals surface area contributed by atoms with Crippen LogP contribution in [0.25, 0.3) is 0 Å². The molecule has 3 nitrogen and oxygen atoms in total. The first-order chi connectivity index (χ1) is 9.02. The molecular weight excluding hydrogens is 252 g/mol. The molecule has 0 spiro atoms. The zero-order valence-electron chi connectivity index (χ0n) is 10.7. The lowest BCUT2D eigenvalue weighted by Gasteiger charge is -2.17. The Kier molecular flexibility index (Phi) is 4.14. The molecule has 1 aliphatic carbocycles. The Balaban J connectivity index is 2.15. The van der Waals surface area contributed by atoms with Crippen molar-refractivity contribution in [2.45, 2.75) is 38.8 Å². The first kappa shape index (κ1) is 13.9. The van der Waals surface area contributed by atoms with Gasteiger partial charge in [0.25, 0.3) is 5.91 Å². The minimum atomic E-state index is -0.896. The highest BCUT2D eigenvalue weighted by molar-refractivity contribution is 5.94. The number of halogens is 2. The summed E-state index contributed by atoms with van der Waals surface area (Å²) in [5, 5.41) is 11.6. The van der Waals surface area contributed by atoms with Gasteiger partial charge < -0.3 is 10.4 Å². The van der Waals surface area contributed by atoms with E-state index in [0.29, 0.717) is 5.92 Å². The van der Waals surface area contributed by atoms with Gasteiger partial charge in [0, 0.05) is 17.2 Å². The average molecular weight is 269 g/mol. The lowest BCUT2D eigenvalue weighted by molar-refractivity contribution is 0.0928. The van der Waals surface area contributed by atoms with Crippen LogP contribution in [0.5, 0.6) is 0 Å². The van der Waals surface area contributed by atoms with E-state index in [1.165, 1.54) is 0 Å². The molecule has 1 fully saturated rings. The van der Waals surface area contributed by atoms with Gasteiger partial charge in [-0.1, -0.05) is 13.3 Å². The van der Waals surface area contributed by atoms with Gasteiger partial charge in [0.05, 0.1) is 6.61 Å². The molecular formula is C14H17F2NO2. The molecule has 1 aromatic carbocycles. The summed E-state index contributed by atoms with van der Waals surface area (Å²) in [5.74, 6) is -1.88. The van der Waals surface area contributed by atoms with Crippen LogP contribution in [0.15, 0.2) is 12.1 Å². The number of aliphatic hydroxyl groups is 1. The second-order valence-corrected chi connectivity index (χ2v) is 5.06. The first-order valence-electron chi connectivity index (χ1n) is 6.42. The third kappa shape index (κ3) is 2.92. The lowest BCUT2D eigenvalue weighted by Crippen LogP contribution is -2.36. The van der Waals surface area contributed by atoms with Gasteiger partial charge >= 0.3 is 0 Å². The molecule has 19 heavy (non-hydrogen) atoms. The third-order valence-electron chi connectivity index (χ3n) is 3.74. The number of rotatable bonds is 3. The van der Waals surface area contributed by atoms with Crippen LogP contribution in [0.2, 0.25) is 0 Å². The first-order valence-corrected chi connectivity index (χ1v) is 6.42. The van der Waals surface area contributed by atoms with Crippen LogP contribution in [0, 0.1) is 17.6 Å². The topological polar surface area (TPSA) is 49.3 Å². The smallest absolute Gasteiger partial charge is 0.251 e. The maximum atomic E-state index is 13.5. The number of benzene rings is 1. The summed E-state index contributed by atoms with van der Waals surface area (Å²) in [5.41, 5.74) is -0.461. The van der Waals surface area contributed by atoms with Crippen LogP contribution in [-0.2, 0) is 6.61 Å². The van der Waals surface area contributed by atoms with E-state index in [0.717, 1.165) is 31.4 Å². The van der Waals surface area contributed by atoms with Crippen LogP contribution in [-0.4, -0.2) is 17.1 Å². The molecule has 1 saturated carbocycles.